The van der Waals surface area contributed by atoms with Crippen LogP contribution >= 0.6 is 0 Å². The molecule has 0 unspecified atom stereocenters. The van der Waals surface area contributed by atoms with Crippen LogP contribution in [0.4, 0.5) is 0 Å². The maximum atomic E-state index is 12.3. The minimum atomic E-state index is -0.0366. The van der Waals surface area contributed by atoms with E-state index in [2.05, 4.69) is 24.3 Å². The van der Waals surface area contributed by atoms with Crippen molar-refractivity contribution in [3.8, 4) is 0 Å². The maximum Gasteiger partial charge on any atom is 0.254 e. The minimum absolute atomic E-state index is 0.0366. The van der Waals surface area contributed by atoms with Gasteiger partial charge in [-0.2, -0.15) is 5.10 Å². The highest BCUT2D eigenvalue weighted by molar-refractivity contribution is 5.95. The zero-order valence-corrected chi connectivity index (χ0v) is 13.3. The van der Waals surface area contributed by atoms with Crippen LogP contribution in [0.1, 0.15) is 61.6 Å². The van der Waals surface area contributed by atoms with Crippen LogP contribution in [-0.4, -0.2) is 33.9 Å². The first kappa shape index (κ1) is 16.0. The molecule has 1 aliphatic carbocycles. The third-order valence-corrected chi connectivity index (χ3v) is 4.48. The average Bonchev–Trinajstić information content (AvgIpc) is 2.87. The van der Waals surface area contributed by atoms with Crippen molar-refractivity contribution >= 4 is 5.91 Å². The number of hydrogen-bond donors (Lipinski definition) is 2. The Balaban J connectivity index is 1.90. The molecule has 1 fully saturated rings. The molecular weight excluding hydrogens is 266 g/mol. The molecule has 1 amide bonds. The predicted molar refractivity (Wildman–Crippen MR) is 82.2 cm³/mol. The zero-order valence-electron chi connectivity index (χ0n) is 13.3. The largest absolute Gasteiger partial charge is 0.396 e. The molecule has 0 radical (unpaired) electrons. The summed E-state index contributed by atoms with van der Waals surface area (Å²) in [5, 5.41) is 16.6. The van der Waals surface area contributed by atoms with Crippen molar-refractivity contribution in [2.24, 2.45) is 11.8 Å². The van der Waals surface area contributed by atoms with Gasteiger partial charge in [0.05, 0.1) is 11.8 Å². The van der Waals surface area contributed by atoms with Gasteiger partial charge in [-0.05, 0) is 51.9 Å². The van der Waals surface area contributed by atoms with Crippen LogP contribution < -0.4 is 5.32 Å². The Hall–Kier alpha value is -1.36. The Kier molecular flexibility index (Phi) is 5.39. The van der Waals surface area contributed by atoms with Crippen molar-refractivity contribution in [1.82, 2.24) is 15.1 Å². The summed E-state index contributed by atoms with van der Waals surface area (Å²) in [5.74, 6) is 0.858. The van der Waals surface area contributed by atoms with E-state index in [1.54, 1.807) is 6.20 Å². The molecule has 2 N–H and O–H groups in total. The van der Waals surface area contributed by atoms with Crippen molar-refractivity contribution in [2.75, 3.05) is 13.2 Å². The van der Waals surface area contributed by atoms with E-state index in [0.29, 0.717) is 23.9 Å². The summed E-state index contributed by atoms with van der Waals surface area (Å²) in [6, 6.07) is 0.259. The van der Waals surface area contributed by atoms with Gasteiger partial charge in [0.1, 0.15) is 0 Å². The fourth-order valence-corrected chi connectivity index (χ4v) is 3.25. The number of aliphatic hydroxyl groups is 1. The first-order chi connectivity index (χ1) is 10.0. The topological polar surface area (TPSA) is 67.2 Å². The average molecular weight is 293 g/mol. The second kappa shape index (κ2) is 7.07. The molecule has 0 spiro atoms. The van der Waals surface area contributed by atoms with Gasteiger partial charge in [-0.3, -0.25) is 9.48 Å². The number of rotatable bonds is 5. The van der Waals surface area contributed by atoms with Gasteiger partial charge < -0.3 is 10.4 Å². The Morgan fingerprint density at radius 1 is 1.48 bits per heavy atom. The highest BCUT2D eigenvalue weighted by Crippen LogP contribution is 2.28. The van der Waals surface area contributed by atoms with Crippen LogP contribution in [0.3, 0.4) is 0 Å². The van der Waals surface area contributed by atoms with E-state index in [1.165, 1.54) is 0 Å². The third-order valence-electron chi connectivity index (χ3n) is 4.48. The summed E-state index contributed by atoms with van der Waals surface area (Å²) in [6.07, 6.45) is 6.07. The summed E-state index contributed by atoms with van der Waals surface area (Å²) in [4.78, 5) is 12.3. The monoisotopic (exact) mass is 293 g/mol. The first-order valence-corrected chi connectivity index (χ1v) is 7.96. The number of carbonyl (C=O) groups is 1. The van der Waals surface area contributed by atoms with Gasteiger partial charge in [-0.15, -0.1) is 0 Å². The number of carbonyl (C=O) groups excluding carboxylic acids is 1. The van der Waals surface area contributed by atoms with E-state index in [1.807, 2.05) is 11.6 Å². The molecule has 1 saturated carbocycles. The molecule has 1 heterocycles. The van der Waals surface area contributed by atoms with E-state index in [-0.39, 0.29) is 18.6 Å². The smallest absolute Gasteiger partial charge is 0.254 e. The van der Waals surface area contributed by atoms with Gasteiger partial charge in [0.15, 0.2) is 0 Å². The highest BCUT2D eigenvalue weighted by atomic mass is 16.3. The predicted octanol–water partition coefficient (Wildman–Crippen LogP) is 2.30. The van der Waals surface area contributed by atoms with Gasteiger partial charge in [0.25, 0.3) is 5.91 Å². The minimum Gasteiger partial charge on any atom is -0.396 e. The van der Waals surface area contributed by atoms with E-state index in [9.17, 15) is 9.90 Å². The Morgan fingerprint density at radius 3 is 2.81 bits per heavy atom. The molecule has 21 heavy (non-hydrogen) atoms. The first-order valence-electron chi connectivity index (χ1n) is 7.96. The van der Waals surface area contributed by atoms with Crippen LogP contribution in [-0.2, 0) is 0 Å². The number of aromatic nitrogens is 2. The van der Waals surface area contributed by atoms with Gasteiger partial charge in [0.2, 0.25) is 0 Å². The SMILES string of the molecule is Cc1c(C(=O)NC[C@H]2CCC[C@@H](CO)C2)cnn1C(C)C. The molecule has 5 heteroatoms. The van der Waals surface area contributed by atoms with Crippen LogP contribution in [0.2, 0.25) is 0 Å². The molecular formula is C16H27N3O2. The third kappa shape index (κ3) is 3.84. The summed E-state index contributed by atoms with van der Waals surface area (Å²) in [6.45, 7) is 7.01. The zero-order chi connectivity index (χ0) is 15.4. The maximum absolute atomic E-state index is 12.3. The van der Waals surface area contributed by atoms with Gasteiger partial charge in [0, 0.05) is 24.9 Å². The molecule has 5 nitrogen and oxygen atoms in total. The highest BCUT2D eigenvalue weighted by Gasteiger charge is 2.22. The molecule has 0 bridgehead atoms. The number of aliphatic hydroxyl groups excluding tert-OH is 1. The number of nitrogens with zero attached hydrogens (tertiary/aromatic N) is 2. The van der Waals surface area contributed by atoms with Crippen molar-refractivity contribution in [2.45, 2.75) is 52.5 Å². The van der Waals surface area contributed by atoms with E-state index in [0.717, 1.165) is 31.4 Å². The van der Waals surface area contributed by atoms with Gasteiger partial charge >= 0.3 is 0 Å². The van der Waals surface area contributed by atoms with Crippen LogP contribution in [0.5, 0.6) is 0 Å². The fourth-order valence-electron chi connectivity index (χ4n) is 3.25. The molecule has 2 rings (SSSR count). The van der Waals surface area contributed by atoms with Crippen molar-refractivity contribution in [3.05, 3.63) is 17.5 Å². The lowest BCUT2D eigenvalue weighted by molar-refractivity contribution is 0.0933. The summed E-state index contributed by atoms with van der Waals surface area (Å²) >= 11 is 0. The standard InChI is InChI=1S/C16H27N3O2/c1-11(2)19-12(3)15(9-18-19)16(21)17-8-13-5-4-6-14(7-13)10-20/h9,11,13-14,20H,4-8,10H2,1-3H3,(H,17,21)/t13-,14+/m0/s1. The molecule has 1 aliphatic rings. The summed E-state index contributed by atoms with van der Waals surface area (Å²) in [5.41, 5.74) is 1.58. The van der Waals surface area contributed by atoms with Crippen molar-refractivity contribution < 1.29 is 9.90 Å². The van der Waals surface area contributed by atoms with Crippen LogP contribution in [0.15, 0.2) is 6.20 Å². The Bertz CT molecular complexity index is 482. The molecule has 0 aliphatic heterocycles. The second-order valence-electron chi connectivity index (χ2n) is 6.47. The summed E-state index contributed by atoms with van der Waals surface area (Å²) in [7, 11) is 0. The molecule has 1 aromatic heterocycles. The van der Waals surface area contributed by atoms with E-state index < -0.39 is 0 Å². The number of nitrogens with one attached hydrogen (secondary N) is 1. The van der Waals surface area contributed by atoms with E-state index in [4.69, 9.17) is 0 Å². The number of hydrogen-bond acceptors (Lipinski definition) is 3. The lowest BCUT2D eigenvalue weighted by atomic mass is 9.82. The van der Waals surface area contributed by atoms with E-state index >= 15 is 0 Å². The van der Waals surface area contributed by atoms with Crippen LogP contribution in [0.25, 0.3) is 0 Å². The quantitative estimate of drug-likeness (QED) is 0.875. The summed E-state index contributed by atoms with van der Waals surface area (Å²) < 4.78 is 1.87. The molecule has 0 saturated heterocycles. The van der Waals surface area contributed by atoms with Crippen LogP contribution in [0, 0.1) is 18.8 Å². The van der Waals surface area contributed by atoms with Crippen molar-refractivity contribution in [1.29, 1.82) is 0 Å². The lowest BCUT2D eigenvalue weighted by Crippen LogP contribution is -2.32. The second-order valence-corrected chi connectivity index (χ2v) is 6.47. The van der Waals surface area contributed by atoms with Gasteiger partial charge in [-0.1, -0.05) is 6.42 Å². The Morgan fingerprint density at radius 2 is 2.19 bits per heavy atom. The molecule has 0 aromatic carbocycles. The molecule has 2 atom stereocenters. The molecule has 1 aromatic rings. The van der Waals surface area contributed by atoms with Gasteiger partial charge in [-0.25, -0.2) is 0 Å². The fraction of sp³-hybridized carbons (Fsp3) is 0.750. The normalized spacial score (nSPS) is 22.5. The Labute approximate surface area is 126 Å². The van der Waals surface area contributed by atoms with Crippen molar-refractivity contribution in [3.63, 3.8) is 0 Å². The molecule has 118 valence electrons. The number of amides is 1. The lowest BCUT2D eigenvalue weighted by Gasteiger charge is -2.27.